The molecule has 0 aliphatic carbocycles. The highest BCUT2D eigenvalue weighted by Crippen LogP contribution is 2.42. The Labute approximate surface area is 197 Å². The normalized spacial score (nSPS) is 25.0. The van der Waals surface area contributed by atoms with Gasteiger partial charge in [-0.1, -0.05) is 18.2 Å². The molecule has 0 saturated carbocycles. The molecule has 35 heavy (non-hydrogen) atoms. The van der Waals surface area contributed by atoms with Crippen LogP contribution < -0.4 is 21.2 Å². The van der Waals surface area contributed by atoms with E-state index in [9.17, 15) is 24.4 Å². The Morgan fingerprint density at radius 3 is 2.77 bits per heavy atom. The number of hydroxylamine groups is 1. The van der Waals surface area contributed by atoms with Crippen molar-refractivity contribution >= 4 is 20.0 Å². The number of aromatic nitrogens is 2. The van der Waals surface area contributed by atoms with Crippen LogP contribution in [0.2, 0.25) is 0 Å². The third-order valence-corrected chi connectivity index (χ3v) is 5.97. The van der Waals surface area contributed by atoms with Crippen LogP contribution in [0.1, 0.15) is 13.2 Å². The van der Waals surface area contributed by atoms with Crippen LogP contribution in [-0.2, 0) is 18.6 Å². The van der Waals surface area contributed by atoms with Crippen LogP contribution in [0, 0.1) is 5.53 Å². The molecule has 186 valence electrons. The number of nitrogens with two attached hydrogens (primary N) is 1. The number of aliphatic carboxylic acids is 1. The van der Waals surface area contributed by atoms with Crippen LogP contribution in [0.4, 0.5) is 10.2 Å². The van der Waals surface area contributed by atoms with E-state index in [0.717, 1.165) is 10.8 Å². The minimum atomic E-state index is -3.12. The first-order valence-corrected chi connectivity index (χ1v) is 11.0. The lowest BCUT2D eigenvalue weighted by Gasteiger charge is -2.19. The number of nitrogens with zero attached hydrogens (tertiary/aromatic N) is 5. The molecule has 6 atom stereocenters. The van der Waals surface area contributed by atoms with E-state index in [1.807, 2.05) is 0 Å². The molecule has 15 nitrogen and oxygen atoms in total. The molecular formula is C18H21FN7O8P+2. The van der Waals surface area contributed by atoms with Crippen LogP contribution in [0.3, 0.4) is 0 Å². The number of rotatable bonds is 10. The van der Waals surface area contributed by atoms with Crippen molar-refractivity contribution in [2.75, 3.05) is 12.3 Å². The molecule has 1 aliphatic heterocycles. The summed E-state index contributed by atoms with van der Waals surface area (Å²) in [6.45, 7) is 0.170. The van der Waals surface area contributed by atoms with E-state index in [0.29, 0.717) is 4.83 Å². The number of benzene rings is 1. The van der Waals surface area contributed by atoms with Crippen molar-refractivity contribution in [2.45, 2.75) is 37.2 Å². The Hall–Kier alpha value is -3.65. The van der Waals surface area contributed by atoms with Crippen LogP contribution in [0.25, 0.3) is 0 Å². The van der Waals surface area contributed by atoms with Crippen molar-refractivity contribution in [3.63, 3.8) is 0 Å². The highest BCUT2D eigenvalue weighted by atomic mass is 31.1. The molecule has 0 bridgehead atoms. The van der Waals surface area contributed by atoms with Gasteiger partial charge in [0.1, 0.15) is 22.3 Å². The van der Waals surface area contributed by atoms with E-state index < -0.39 is 56.7 Å². The minimum absolute atomic E-state index is 0.126. The van der Waals surface area contributed by atoms with Crippen molar-refractivity contribution in [3.8, 4) is 5.75 Å². The number of alkyl halides is 1. The highest BCUT2D eigenvalue weighted by molar-refractivity contribution is 7.36. The van der Waals surface area contributed by atoms with Crippen molar-refractivity contribution in [1.82, 2.24) is 19.3 Å². The van der Waals surface area contributed by atoms with Crippen molar-refractivity contribution in [3.05, 3.63) is 53.1 Å². The number of anilines is 1. The number of carbonyl (C=O) groups is 1. The van der Waals surface area contributed by atoms with E-state index >= 15 is 4.39 Å². The van der Waals surface area contributed by atoms with Crippen LogP contribution in [0.5, 0.6) is 5.75 Å². The summed E-state index contributed by atoms with van der Waals surface area (Å²) in [4.78, 5) is 35.7. The molecular weight excluding hydrogens is 492 g/mol. The summed E-state index contributed by atoms with van der Waals surface area (Å²) in [6.07, 6.45) is -4.98. The van der Waals surface area contributed by atoms with Crippen molar-refractivity contribution in [1.29, 1.82) is 5.53 Å². The van der Waals surface area contributed by atoms with Gasteiger partial charge in [-0.15, -0.1) is 4.52 Å². The van der Waals surface area contributed by atoms with Gasteiger partial charge in [0.15, 0.2) is 35.9 Å². The maximum Gasteiger partial charge on any atom is 0.653 e. The Morgan fingerprint density at radius 1 is 1.49 bits per heavy atom. The van der Waals surface area contributed by atoms with Gasteiger partial charge in [-0.05, 0) is 29.7 Å². The van der Waals surface area contributed by atoms with Crippen molar-refractivity contribution < 1.29 is 38.1 Å². The smallest absolute Gasteiger partial charge is 0.480 e. The van der Waals surface area contributed by atoms with Gasteiger partial charge in [0, 0.05) is 6.20 Å². The van der Waals surface area contributed by atoms with Crippen molar-refractivity contribution in [2.24, 2.45) is 5.11 Å². The first kappa shape index (κ1) is 26.0. The predicted octanol–water partition coefficient (Wildman–Crippen LogP) is 0.743. The first-order valence-electron chi connectivity index (χ1n) is 9.88. The average Bonchev–Trinajstić information content (AvgIpc) is 3.07. The van der Waals surface area contributed by atoms with E-state index in [1.54, 1.807) is 18.2 Å². The standard InChI is InChI=1S/C18H19FN7O8P/c1-10(16(28)29)26(34-11-5-3-2-4-6-11)35(31)32-9-18(23-24-21)14(19)13(27)15(33-18)25-8-7-12(20)22-17(25)30/h2-8,10,13-15,21,27H,9H2,1H3,(H-2,20,22,28,29,30)/p+2/t10?,13-,14+,15-,18-/m1/s1. The van der Waals surface area contributed by atoms with E-state index in [4.69, 9.17) is 25.4 Å². The van der Waals surface area contributed by atoms with Gasteiger partial charge < -0.3 is 25.5 Å². The number of carboxylic acid groups (broad SMARTS) is 1. The Kier molecular flexibility index (Phi) is 7.96. The highest BCUT2D eigenvalue weighted by Gasteiger charge is 2.63. The van der Waals surface area contributed by atoms with Gasteiger partial charge in [0.25, 0.3) is 0 Å². The summed E-state index contributed by atoms with van der Waals surface area (Å²) in [5.41, 5.74) is 8.97. The number of carboxylic acids is 1. The number of aliphatic hydroxyl groups is 1. The molecule has 0 spiro atoms. The molecule has 17 heteroatoms. The molecule has 3 rings (SSSR count). The number of aliphatic hydroxyl groups excluding tert-OH is 1. The van der Waals surface area contributed by atoms with E-state index in [2.05, 4.69) is 15.0 Å². The minimum Gasteiger partial charge on any atom is -0.480 e. The molecule has 5 N–H and O–H groups in total. The van der Waals surface area contributed by atoms with Gasteiger partial charge in [-0.2, -0.15) is 4.98 Å². The van der Waals surface area contributed by atoms with Gasteiger partial charge in [0.2, 0.25) is 4.91 Å². The summed E-state index contributed by atoms with van der Waals surface area (Å²) >= 11 is 0. The lowest BCUT2D eigenvalue weighted by Crippen LogP contribution is -2.43. The van der Waals surface area contributed by atoms with E-state index in [-0.39, 0.29) is 11.6 Å². The summed E-state index contributed by atoms with van der Waals surface area (Å²) in [7, 11) is -3.12. The molecule has 0 radical (unpaired) electrons. The fraction of sp³-hybridized carbons (Fsp3) is 0.389. The quantitative estimate of drug-likeness (QED) is 0.150. The number of hydrogen-bond acceptors (Lipinski definition) is 11. The number of halogens is 1. The molecule has 2 aromatic rings. The zero-order valence-electron chi connectivity index (χ0n) is 18.0. The molecule has 1 saturated heterocycles. The number of hydrogen-bond donors (Lipinski definition) is 4. The number of nitrogen functional groups attached to an aromatic ring is 1. The van der Waals surface area contributed by atoms with Crippen LogP contribution in [-0.4, -0.2) is 61.2 Å². The third kappa shape index (κ3) is 5.54. The van der Waals surface area contributed by atoms with Crippen LogP contribution in [0.15, 0.2) is 52.5 Å². The third-order valence-electron chi connectivity index (χ3n) is 4.87. The van der Waals surface area contributed by atoms with Gasteiger partial charge in [-0.25, -0.2) is 9.18 Å². The summed E-state index contributed by atoms with van der Waals surface area (Å²) in [5.74, 6) is -1.39. The maximum absolute atomic E-state index is 15.2. The largest absolute Gasteiger partial charge is 0.653 e. The molecule has 2 unspecified atom stereocenters. The molecule has 1 fully saturated rings. The van der Waals surface area contributed by atoms with Crippen LogP contribution >= 0.6 is 8.18 Å². The Morgan fingerprint density at radius 2 is 2.17 bits per heavy atom. The fourth-order valence-electron chi connectivity index (χ4n) is 3.04. The predicted molar refractivity (Wildman–Crippen MR) is 114 cm³/mol. The number of para-hydroxylation sites is 1. The Balaban J connectivity index is 1.84. The SMILES string of the molecule is CC(C(=O)O)N(Oc1ccccc1)[P+](=O)OC[C@@]1(N=[N+]=N)O[C@@H](n2ccc(N)nc2=O)[C@H](O)[C@@H]1F. The zero-order valence-corrected chi connectivity index (χ0v) is 18.9. The fourth-order valence-corrected chi connectivity index (χ4v) is 4.00. The maximum atomic E-state index is 15.2. The zero-order chi connectivity index (χ0) is 25.8. The molecule has 1 aliphatic rings. The van der Waals surface area contributed by atoms with Gasteiger partial charge >= 0.3 is 25.6 Å². The number of nitrogens with one attached hydrogen (secondary N) is 1. The molecule has 1 aromatic carbocycles. The monoisotopic (exact) mass is 513 g/mol. The first-order chi connectivity index (χ1) is 16.6. The lowest BCUT2D eigenvalue weighted by molar-refractivity contribution is -0.149. The second-order valence-corrected chi connectivity index (χ2v) is 8.35. The molecule has 2 heterocycles. The second-order valence-electron chi connectivity index (χ2n) is 7.22. The van der Waals surface area contributed by atoms with Gasteiger partial charge in [-0.3, -0.25) is 9.36 Å². The molecule has 1 aromatic heterocycles. The summed E-state index contributed by atoms with van der Waals surface area (Å²) < 4.78 is 39.3. The summed E-state index contributed by atoms with van der Waals surface area (Å²) in [5, 5.41) is 23.1. The second kappa shape index (κ2) is 10.7. The topological polar surface area (TPSA) is 217 Å². The van der Waals surface area contributed by atoms with E-state index in [1.165, 1.54) is 25.1 Å². The Bertz CT molecular complexity index is 1200. The molecule has 0 amide bonds. The van der Waals surface area contributed by atoms with Gasteiger partial charge in [0.05, 0.1) is 0 Å². The lowest BCUT2D eigenvalue weighted by atomic mass is 10.1. The number of ether oxygens (including phenoxy) is 1. The average molecular weight is 513 g/mol. The summed E-state index contributed by atoms with van der Waals surface area (Å²) in [6, 6.07) is 7.52.